The monoisotopic (exact) mass is 327 g/mol. The van der Waals surface area contributed by atoms with Gasteiger partial charge in [0, 0.05) is 25.4 Å². The third-order valence-electron chi connectivity index (χ3n) is 4.60. The second-order valence-corrected chi connectivity index (χ2v) is 7.97. The van der Waals surface area contributed by atoms with E-state index in [0.29, 0.717) is 5.92 Å². The largest absolute Gasteiger partial charge is 0.338 e. The summed E-state index contributed by atoms with van der Waals surface area (Å²) in [5.74, 6) is 2.87. The lowest BCUT2D eigenvalue weighted by Gasteiger charge is -2.26. The van der Waals surface area contributed by atoms with Crippen molar-refractivity contribution in [1.82, 2.24) is 15.1 Å². The molecule has 1 atom stereocenters. The number of rotatable bonds is 6. The quantitative estimate of drug-likeness (QED) is 0.762. The van der Waals surface area contributed by atoms with E-state index in [1.807, 2.05) is 16.7 Å². The van der Waals surface area contributed by atoms with Crippen molar-refractivity contribution in [3.8, 4) is 0 Å². The number of hydrogen-bond donors (Lipinski definition) is 1. The first-order valence-corrected chi connectivity index (χ1v) is 10.2. The van der Waals surface area contributed by atoms with E-state index in [1.54, 1.807) is 0 Å². The second-order valence-electron chi connectivity index (χ2n) is 6.82. The fraction of sp³-hybridized carbons (Fsp3) is 0.941. The Kier molecular flexibility index (Phi) is 8.45. The molecule has 0 aromatic rings. The van der Waals surface area contributed by atoms with Gasteiger partial charge in [0.25, 0.3) is 0 Å². The van der Waals surface area contributed by atoms with E-state index in [9.17, 15) is 4.79 Å². The molecule has 2 rings (SSSR count). The van der Waals surface area contributed by atoms with E-state index in [4.69, 9.17) is 0 Å². The zero-order valence-corrected chi connectivity index (χ0v) is 15.0. The van der Waals surface area contributed by atoms with Crippen LogP contribution in [0.5, 0.6) is 0 Å². The van der Waals surface area contributed by atoms with Crippen molar-refractivity contribution >= 4 is 17.8 Å². The van der Waals surface area contributed by atoms with Gasteiger partial charge in [0.15, 0.2) is 0 Å². The van der Waals surface area contributed by atoms with Crippen LogP contribution >= 0.6 is 11.8 Å². The maximum Gasteiger partial charge on any atom is 0.317 e. The Hall–Kier alpha value is -0.420. The zero-order chi connectivity index (χ0) is 15.6. The van der Waals surface area contributed by atoms with Crippen molar-refractivity contribution < 1.29 is 4.79 Å². The molecule has 2 aliphatic heterocycles. The summed E-state index contributed by atoms with van der Waals surface area (Å²) >= 11 is 1.97. The second kappa shape index (κ2) is 10.4. The summed E-state index contributed by atoms with van der Waals surface area (Å²) < 4.78 is 0. The number of carbonyl (C=O) groups is 1. The first-order valence-electron chi connectivity index (χ1n) is 9.08. The van der Waals surface area contributed by atoms with Crippen LogP contribution in [0, 0.1) is 5.92 Å². The van der Waals surface area contributed by atoms with Gasteiger partial charge in [-0.15, -0.1) is 0 Å². The molecule has 0 radical (unpaired) electrons. The van der Waals surface area contributed by atoms with Crippen LogP contribution in [-0.2, 0) is 0 Å². The molecule has 2 fully saturated rings. The van der Waals surface area contributed by atoms with Crippen LogP contribution in [0.15, 0.2) is 0 Å². The van der Waals surface area contributed by atoms with Gasteiger partial charge in [0.05, 0.1) is 0 Å². The highest BCUT2D eigenvalue weighted by Crippen LogP contribution is 2.15. The van der Waals surface area contributed by atoms with Crippen molar-refractivity contribution in [3.63, 3.8) is 0 Å². The summed E-state index contributed by atoms with van der Waals surface area (Å²) in [6.07, 6.45) is 7.77. The van der Waals surface area contributed by atoms with Crippen LogP contribution in [-0.4, -0.2) is 66.6 Å². The van der Waals surface area contributed by atoms with Crippen molar-refractivity contribution in [1.29, 1.82) is 0 Å². The lowest BCUT2D eigenvalue weighted by atomic mass is 10.1. The molecule has 1 unspecified atom stereocenters. The minimum atomic E-state index is 0.144. The van der Waals surface area contributed by atoms with Gasteiger partial charge in [-0.2, -0.15) is 11.8 Å². The number of urea groups is 1. The highest BCUT2D eigenvalue weighted by molar-refractivity contribution is 7.99. The van der Waals surface area contributed by atoms with Crippen LogP contribution in [0.2, 0.25) is 0 Å². The Morgan fingerprint density at radius 1 is 1.14 bits per heavy atom. The minimum absolute atomic E-state index is 0.144. The molecule has 0 aliphatic carbocycles. The molecule has 22 heavy (non-hydrogen) atoms. The van der Waals surface area contributed by atoms with Crippen LogP contribution < -0.4 is 5.32 Å². The highest BCUT2D eigenvalue weighted by atomic mass is 32.2. The third kappa shape index (κ3) is 6.78. The Balaban J connectivity index is 1.49. The first-order chi connectivity index (χ1) is 10.8. The molecule has 2 saturated heterocycles. The summed E-state index contributed by atoms with van der Waals surface area (Å²) in [5.41, 5.74) is 0. The van der Waals surface area contributed by atoms with Crippen LogP contribution in [0.25, 0.3) is 0 Å². The fourth-order valence-corrected chi connectivity index (χ4v) is 4.32. The molecule has 1 N–H and O–H groups in total. The normalized spacial score (nSPS) is 24.0. The van der Waals surface area contributed by atoms with Crippen molar-refractivity contribution in [2.45, 2.75) is 45.4 Å². The average Bonchev–Trinajstić information content (AvgIpc) is 2.76. The fourth-order valence-electron chi connectivity index (χ4n) is 3.29. The number of amides is 2. The molecule has 0 aromatic heterocycles. The molecule has 0 aromatic carbocycles. The number of thioether (sulfide) groups is 1. The molecule has 0 saturated carbocycles. The average molecular weight is 328 g/mol. The van der Waals surface area contributed by atoms with E-state index in [1.165, 1.54) is 57.5 Å². The van der Waals surface area contributed by atoms with Gasteiger partial charge < -0.3 is 15.1 Å². The predicted octanol–water partition coefficient (Wildman–Crippen LogP) is 3.04. The molecular formula is C17H33N3OS. The van der Waals surface area contributed by atoms with Crippen LogP contribution in [0.4, 0.5) is 4.79 Å². The summed E-state index contributed by atoms with van der Waals surface area (Å²) in [6, 6.07) is 0.144. The minimum Gasteiger partial charge on any atom is -0.338 e. The maximum atomic E-state index is 12.2. The Labute approximate surface area is 140 Å². The molecule has 0 bridgehead atoms. The first kappa shape index (κ1) is 17.9. The van der Waals surface area contributed by atoms with Gasteiger partial charge >= 0.3 is 6.03 Å². The number of likely N-dealkylation sites (tertiary alicyclic amines) is 1. The number of piperidine rings is 1. The smallest absolute Gasteiger partial charge is 0.317 e. The maximum absolute atomic E-state index is 12.2. The summed E-state index contributed by atoms with van der Waals surface area (Å²) in [6.45, 7) is 8.71. The predicted molar refractivity (Wildman–Crippen MR) is 95.6 cm³/mol. The number of nitrogens with one attached hydrogen (secondary N) is 1. The van der Waals surface area contributed by atoms with Crippen molar-refractivity contribution in [3.05, 3.63) is 0 Å². The molecule has 0 spiro atoms. The SMILES string of the molecule is CC1CSCCN(C(=O)NCCCCCN2CCCCC2)C1. The Bertz CT molecular complexity index is 321. The molecular weight excluding hydrogens is 294 g/mol. The zero-order valence-electron chi connectivity index (χ0n) is 14.2. The third-order valence-corrected chi connectivity index (χ3v) is 5.88. The molecule has 5 heteroatoms. The highest BCUT2D eigenvalue weighted by Gasteiger charge is 2.19. The van der Waals surface area contributed by atoms with E-state index >= 15 is 0 Å². The van der Waals surface area contributed by atoms with Gasteiger partial charge in [-0.05, 0) is 57.0 Å². The van der Waals surface area contributed by atoms with Gasteiger partial charge in [-0.25, -0.2) is 4.79 Å². The van der Waals surface area contributed by atoms with Crippen LogP contribution in [0.1, 0.15) is 45.4 Å². The van der Waals surface area contributed by atoms with Gasteiger partial charge in [0.1, 0.15) is 0 Å². The topological polar surface area (TPSA) is 35.6 Å². The van der Waals surface area contributed by atoms with Crippen molar-refractivity contribution in [2.75, 3.05) is 50.8 Å². The number of hydrogen-bond acceptors (Lipinski definition) is 3. The summed E-state index contributed by atoms with van der Waals surface area (Å²) in [7, 11) is 0. The van der Waals surface area contributed by atoms with Crippen molar-refractivity contribution in [2.24, 2.45) is 5.92 Å². The number of unbranched alkanes of at least 4 members (excludes halogenated alkanes) is 2. The molecule has 4 nitrogen and oxygen atoms in total. The van der Waals surface area contributed by atoms with Gasteiger partial charge in [-0.1, -0.05) is 19.8 Å². The molecule has 128 valence electrons. The number of nitrogens with zero attached hydrogens (tertiary/aromatic N) is 2. The lowest BCUT2D eigenvalue weighted by molar-refractivity contribution is 0.195. The lowest BCUT2D eigenvalue weighted by Crippen LogP contribution is -2.42. The van der Waals surface area contributed by atoms with E-state index in [2.05, 4.69) is 17.1 Å². The Morgan fingerprint density at radius 2 is 1.95 bits per heavy atom. The van der Waals surface area contributed by atoms with E-state index < -0.39 is 0 Å². The van der Waals surface area contributed by atoms with E-state index in [0.717, 1.165) is 31.8 Å². The molecule has 2 amide bonds. The summed E-state index contributed by atoms with van der Waals surface area (Å²) in [4.78, 5) is 16.8. The van der Waals surface area contributed by atoms with E-state index in [-0.39, 0.29) is 6.03 Å². The standard InChI is InChI=1S/C17H33N3OS/c1-16-14-20(12-13-22-15-16)17(21)18-8-4-2-5-9-19-10-6-3-7-11-19/h16H,2-15H2,1H3,(H,18,21). The van der Waals surface area contributed by atoms with Crippen LogP contribution in [0.3, 0.4) is 0 Å². The molecule has 2 aliphatic rings. The Morgan fingerprint density at radius 3 is 2.77 bits per heavy atom. The van der Waals surface area contributed by atoms with Gasteiger partial charge in [-0.3, -0.25) is 0 Å². The number of carbonyl (C=O) groups excluding carboxylic acids is 1. The summed E-state index contributed by atoms with van der Waals surface area (Å²) in [5, 5.41) is 3.10. The van der Waals surface area contributed by atoms with Gasteiger partial charge in [0.2, 0.25) is 0 Å². The molecule has 2 heterocycles.